The summed E-state index contributed by atoms with van der Waals surface area (Å²) in [6, 6.07) is 0. The molecular formula is C5H8F2O5. The Morgan fingerprint density at radius 2 is 1.50 bits per heavy atom. The van der Waals surface area contributed by atoms with Crippen LogP contribution in [0.4, 0.5) is 8.78 Å². The zero-order chi connectivity index (χ0) is 9.52. The molecule has 1 unspecified atom stereocenters. The summed E-state index contributed by atoms with van der Waals surface area (Å²) in [5.74, 6) is 0. The number of ether oxygens (including phenoxy) is 1. The molecule has 0 radical (unpaired) electrons. The number of halogens is 2. The molecule has 0 aliphatic carbocycles. The molecule has 1 saturated heterocycles. The van der Waals surface area contributed by atoms with E-state index in [2.05, 4.69) is 4.74 Å². The third-order valence-corrected chi connectivity index (χ3v) is 1.59. The Labute approximate surface area is 65.8 Å². The fourth-order valence-electron chi connectivity index (χ4n) is 0.855. The predicted molar refractivity (Wildman–Crippen MR) is 30.1 cm³/mol. The van der Waals surface area contributed by atoms with Crippen molar-refractivity contribution < 1.29 is 33.9 Å². The van der Waals surface area contributed by atoms with E-state index in [9.17, 15) is 8.78 Å². The smallest absolute Gasteiger partial charge is 0.386 e. The lowest BCUT2D eigenvalue weighted by atomic mass is 10.0. The Morgan fingerprint density at radius 1 is 1.00 bits per heavy atom. The molecule has 1 fully saturated rings. The van der Waals surface area contributed by atoms with Gasteiger partial charge in [0.25, 0.3) is 0 Å². The van der Waals surface area contributed by atoms with Gasteiger partial charge < -0.3 is 20.4 Å². The SMILES string of the molecule is OC1OC(F)(F)[C@@H](O)[C@@H](O)[C@H]1O. The van der Waals surface area contributed by atoms with Crippen LogP contribution in [0.15, 0.2) is 0 Å². The highest BCUT2D eigenvalue weighted by Gasteiger charge is 2.54. The molecule has 0 amide bonds. The van der Waals surface area contributed by atoms with E-state index in [0.29, 0.717) is 0 Å². The van der Waals surface area contributed by atoms with Gasteiger partial charge in [-0.3, -0.25) is 4.74 Å². The van der Waals surface area contributed by atoms with Crippen molar-refractivity contribution in [3.63, 3.8) is 0 Å². The highest BCUT2D eigenvalue weighted by Crippen LogP contribution is 2.31. The second kappa shape index (κ2) is 2.86. The van der Waals surface area contributed by atoms with Crippen LogP contribution < -0.4 is 0 Å². The fourth-order valence-corrected chi connectivity index (χ4v) is 0.855. The Bertz CT molecular complexity index is 175. The van der Waals surface area contributed by atoms with Gasteiger partial charge in [0.15, 0.2) is 12.4 Å². The summed E-state index contributed by atoms with van der Waals surface area (Å²) >= 11 is 0. The van der Waals surface area contributed by atoms with Crippen LogP contribution in [0.2, 0.25) is 0 Å². The van der Waals surface area contributed by atoms with Gasteiger partial charge in [0, 0.05) is 0 Å². The zero-order valence-corrected chi connectivity index (χ0v) is 5.76. The highest BCUT2D eigenvalue weighted by molar-refractivity contribution is 4.87. The lowest BCUT2D eigenvalue weighted by Gasteiger charge is -2.37. The first kappa shape index (κ1) is 9.75. The average Bonchev–Trinajstić information content (AvgIpc) is 1.97. The van der Waals surface area contributed by atoms with E-state index >= 15 is 0 Å². The topological polar surface area (TPSA) is 90.2 Å². The molecule has 7 heteroatoms. The molecule has 72 valence electrons. The zero-order valence-electron chi connectivity index (χ0n) is 5.76. The van der Waals surface area contributed by atoms with Crippen molar-refractivity contribution in [3.8, 4) is 0 Å². The van der Waals surface area contributed by atoms with Gasteiger partial charge in [0.1, 0.15) is 12.2 Å². The third-order valence-electron chi connectivity index (χ3n) is 1.59. The number of alkyl halides is 2. The first-order valence-corrected chi connectivity index (χ1v) is 3.14. The minimum atomic E-state index is -4.04. The molecule has 4 N–H and O–H groups in total. The first-order valence-electron chi connectivity index (χ1n) is 3.14. The summed E-state index contributed by atoms with van der Waals surface area (Å²) in [6.07, 6.45) is -12.8. The highest BCUT2D eigenvalue weighted by atomic mass is 19.3. The minimum absolute atomic E-state index is 1.93. The van der Waals surface area contributed by atoms with E-state index in [1.54, 1.807) is 0 Å². The maximum Gasteiger partial charge on any atom is 0.386 e. The van der Waals surface area contributed by atoms with Crippen molar-refractivity contribution in [2.45, 2.75) is 30.7 Å². The first-order chi connectivity index (χ1) is 5.36. The Morgan fingerprint density at radius 3 is 2.00 bits per heavy atom. The summed E-state index contributed by atoms with van der Waals surface area (Å²) in [5.41, 5.74) is 0. The molecule has 0 aromatic carbocycles. The van der Waals surface area contributed by atoms with Crippen molar-refractivity contribution in [1.82, 2.24) is 0 Å². The molecule has 0 saturated carbocycles. The van der Waals surface area contributed by atoms with Crippen LogP contribution in [0.5, 0.6) is 0 Å². The van der Waals surface area contributed by atoms with Crippen molar-refractivity contribution in [3.05, 3.63) is 0 Å². The van der Waals surface area contributed by atoms with Gasteiger partial charge in [-0.25, -0.2) is 0 Å². The molecule has 5 nitrogen and oxygen atoms in total. The van der Waals surface area contributed by atoms with Crippen molar-refractivity contribution >= 4 is 0 Å². The van der Waals surface area contributed by atoms with Crippen LogP contribution in [0.3, 0.4) is 0 Å². The van der Waals surface area contributed by atoms with Gasteiger partial charge in [-0.15, -0.1) is 0 Å². The molecule has 1 rings (SSSR count). The third kappa shape index (κ3) is 1.41. The molecule has 0 spiro atoms. The molecule has 0 bridgehead atoms. The molecular weight excluding hydrogens is 178 g/mol. The van der Waals surface area contributed by atoms with E-state index in [1.165, 1.54) is 0 Å². The number of hydrogen-bond donors (Lipinski definition) is 4. The molecule has 1 aliphatic rings. The van der Waals surface area contributed by atoms with Crippen molar-refractivity contribution in [2.75, 3.05) is 0 Å². The van der Waals surface area contributed by atoms with Crippen LogP contribution in [-0.4, -0.2) is 51.1 Å². The standard InChI is InChI=1S/C5H8F2O5/c6-5(7)3(10)1(8)2(9)4(11)12-5/h1-4,8-11H/t1-,2+,3-,4?/m0/s1. The number of rotatable bonds is 0. The number of aliphatic hydroxyl groups is 4. The van der Waals surface area contributed by atoms with Crippen molar-refractivity contribution in [2.24, 2.45) is 0 Å². The number of aliphatic hydroxyl groups excluding tert-OH is 4. The van der Waals surface area contributed by atoms with Crippen LogP contribution in [-0.2, 0) is 4.74 Å². The predicted octanol–water partition coefficient (Wildman–Crippen LogP) is -1.99. The lowest BCUT2D eigenvalue weighted by molar-refractivity contribution is -0.403. The average molecular weight is 186 g/mol. The van der Waals surface area contributed by atoms with Gasteiger partial charge in [-0.05, 0) is 0 Å². The van der Waals surface area contributed by atoms with Gasteiger partial charge in [0.05, 0.1) is 0 Å². The van der Waals surface area contributed by atoms with E-state index in [4.69, 9.17) is 20.4 Å². The maximum absolute atomic E-state index is 12.4. The normalized spacial score (nSPS) is 47.5. The van der Waals surface area contributed by atoms with Crippen LogP contribution in [0, 0.1) is 0 Å². The summed E-state index contributed by atoms with van der Waals surface area (Å²) < 4.78 is 28.3. The molecule has 0 aromatic rings. The second-order valence-electron chi connectivity index (χ2n) is 2.50. The van der Waals surface area contributed by atoms with Crippen LogP contribution >= 0.6 is 0 Å². The quantitative estimate of drug-likeness (QED) is 0.351. The Kier molecular flexibility index (Phi) is 2.32. The Balaban J connectivity index is 2.78. The van der Waals surface area contributed by atoms with Gasteiger partial charge in [-0.2, -0.15) is 8.78 Å². The Hall–Kier alpha value is -0.340. The molecule has 0 aromatic heterocycles. The summed E-state index contributed by atoms with van der Waals surface area (Å²) in [7, 11) is 0. The lowest BCUT2D eigenvalue weighted by Crippen LogP contribution is -2.60. The number of hydrogen-bond acceptors (Lipinski definition) is 5. The molecule has 1 aliphatic heterocycles. The van der Waals surface area contributed by atoms with Gasteiger partial charge in [0.2, 0.25) is 0 Å². The van der Waals surface area contributed by atoms with Gasteiger partial charge in [-0.1, -0.05) is 0 Å². The monoisotopic (exact) mass is 186 g/mol. The second-order valence-corrected chi connectivity index (χ2v) is 2.50. The summed E-state index contributed by atoms with van der Waals surface area (Å²) in [5, 5.41) is 34.6. The van der Waals surface area contributed by atoms with Crippen LogP contribution in [0.1, 0.15) is 0 Å². The fraction of sp³-hybridized carbons (Fsp3) is 1.00. The largest absolute Gasteiger partial charge is 0.387 e. The van der Waals surface area contributed by atoms with Crippen molar-refractivity contribution in [1.29, 1.82) is 0 Å². The van der Waals surface area contributed by atoms with Gasteiger partial charge >= 0.3 is 6.11 Å². The summed E-state index contributed by atoms with van der Waals surface area (Å²) in [6.45, 7) is 0. The molecule has 1 heterocycles. The van der Waals surface area contributed by atoms with E-state index in [-0.39, 0.29) is 0 Å². The van der Waals surface area contributed by atoms with E-state index in [1.807, 2.05) is 0 Å². The summed E-state index contributed by atoms with van der Waals surface area (Å²) in [4.78, 5) is 0. The van der Waals surface area contributed by atoms with Crippen LogP contribution in [0.25, 0.3) is 0 Å². The molecule has 12 heavy (non-hydrogen) atoms. The molecule has 4 atom stereocenters. The minimum Gasteiger partial charge on any atom is -0.387 e. The van der Waals surface area contributed by atoms with E-state index < -0.39 is 30.7 Å². The van der Waals surface area contributed by atoms with E-state index in [0.717, 1.165) is 0 Å². The maximum atomic E-state index is 12.4.